The largest absolute Gasteiger partial charge is 0.329 e. The summed E-state index contributed by atoms with van der Waals surface area (Å²) in [5.41, 5.74) is 7.52. The van der Waals surface area contributed by atoms with Crippen LogP contribution in [-0.2, 0) is 0 Å². The van der Waals surface area contributed by atoms with E-state index in [1.807, 2.05) is 26.8 Å². The molecule has 0 aliphatic carbocycles. The maximum absolute atomic E-state index is 11.4. The third kappa shape index (κ3) is 2.18. The fourth-order valence-electron chi connectivity index (χ4n) is 1.22. The summed E-state index contributed by atoms with van der Waals surface area (Å²) in [6, 6.07) is 1.67. The first kappa shape index (κ1) is 9.99. The van der Waals surface area contributed by atoms with Gasteiger partial charge in [0.15, 0.2) is 0 Å². The van der Waals surface area contributed by atoms with Gasteiger partial charge in [0.25, 0.3) is 5.56 Å². The highest BCUT2D eigenvalue weighted by atomic mass is 16.1. The maximum atomic E-state index is 11.4. The van der Waals surface area contributed by atoms with Gasteiger partial charge in [0, 0.05) is 17.8 Å². The third-order valence-corrected chi connectivity index (χ3v) is 2.15. The second-order valence-electron chi connectivity index (χ2n) is 3.73. The van der Waals surface area contributed by atoms with Gasteiger partial charge in [-0.3, -0.25) is 4.79 Å². The van der Waals surface area contributed by atoms with Gasteiger partial charge in [-0.25, -0.2) is 0 Å². The Kier molecular flexibility index (Phi) is 2.88. The maximum Gasteiger partial charge on any atom is 0.252 e. The van der Waals surface area contributed by atoms with Crippen molar-refractivity contribution in [2.24, 2.45) is 11.7 Å². The number of hydrogen-bond donors (Lipinski definition) is 2. The van der Waals surface area contributed by atoms with Gasteiger partial charge in [-0.2, -0.15) is 0 Å². The second kappa shape index (κ2) is 3.75. The Morgan fingerprint density at radius 2 is 2.08 bits per heavy atom. The molecule has 72 valence electrons. The highest BCUT2D eigenvalue weighted by molar-refractivity contribution is 5.20. The molecule has 3 N–H and O–H groups in total. The van der Waals surface area contributed by atoms with Crippen molar-refractivity contribution in [3.05, 3.63) is 33.7 Å². The molecule has 0 fully saturated rings. The van der Waals surface area contributed by atoms with Crippen LogP contribution in [0.15, 0.2) is 17.1 Å². The van der Waals surface area contributed by atoms with Crippen LogP contribution in [0.25, 0.3) is 0 Å². The lowest BCUT2D eigenvalue weighted by atomic mass is 9.97. The molecule has 1 rings (SSSR count). The minimum atomic E-state index is -0.177. The number of aromatic amines is 1. The summed E-state index contributed by atoms with van der Waals surface area (Å²) in [6.45, 7) is 5.95. The molecule has 0 radical (unpaired) electrons. The van der Waals surface area contributed by atoms with Crippen molar-refractivity contribution in [3.63, 3.8) is 0 Å². The number of pyridine rings is 1. The SMILES string of the molecule is Cc1c[nH]c(=O)c([C@H](N)C(C)C)c1. The van der Waals surface area contributed by atoms with Gasteiger partial charge < -0.3 is 10.7 Å². The summed E-state index contributed by atoms with van der Waals surface area (Å²) >= 11 is 0. The van der Waals surface area contributed by atoms with Crippen LogP contribution in [0.5, 0.6) is 0 Å². The molecule has 0 aliphatic rings. The number of nitrogens with two attached hydrogens (primary N) is 1. The Bertz CT molecular complexity index is 341. The van der Waals surface area contributed by atoms with E-state index < -0.39 is 0 Å². The molecule has 0 amide bonds. The van der Waals surface area contributed by atoms with E-state index in [0.717, 1.165) is 5.56 Å². The Hall–Kier alpha value is -1.09. The molecule has 3 nitrogen and oxygen atoms in total. The number of H-pyrrole nitrogens is 1. The zero-order valence-electron chi connectivity index (χ0n) is 8.29. The minimum Gasteiger partial charge on any atom is -0.329 e. The number of hydrogen-bond acceptors (Lipinski definition) is 2. The second-order valence-corrected chi connectivity index (χ2v) is 3.73. The molecular formula is C10H16N2O. The van der Waals surface area contributed by atoms with Gasteiger partial charge in [-0.1, -0.05) is 13.8 Å². The first-order valence-corrected chi connectivity index (χ1v) is 4.47. The van der Waals surface area contributed by atoms with E-state index in [2.05, 4.69) is 4.98 Å². The average molecular weight is 180 g/mol. The van der Waals surface area contributed by atoms with Crippen molar-refractivity contribution in [2.75, 3.05) is 0 Å². The molecule has 13 heavy (non-hydrogen) atoms. The molecule has 1 heterocycles. The number of aromatic nitrogens is 1. The Morgan fingerprint density at radius 3 is 2.62 bits per heavy atom. The Balaban J connectivity index is 3.13. The fraction of sp³-hybridized carbons (Fsp3) is 0.500. The summed E-state index contributed by atoms with van der Waals surface area (Å²) in [6.07, 6.45) is 1.69. The van der Waals surface area contributed by atoms with Crippen LogP contribution in [0.2, 0.25) is 0 Å². The lowest BCUT2D eigenvalue weighted by molar-refractivity contribution is 0.509. The summed E-state index contributed by atoms with van der Waals surface area (Å²) in [5.74, 6) is 0.280. The highest BCUT2D eigenvalue weighted by Crippen LogP contribution is 2.15. The van der Waals surface area contributed by atoms with E-state index >= 15 is 0 Å². The lowest BCUT2D eigenvalue weighted by Crippen LogP contribution is -2.25. The molecule has 3 heteroatoms. The molecule has 0 aromatic carbocycles. The van der Waals surface area contributed by atoms with Crippen LogP contribution >= 0.6 is 0 Å². The first-order chi connectivity index (χ1) is 6.02. The van der Waals surface area contributed by atoms with E-state index in [1.165, 1.54) is 0 Å². The number of rotatable bonds is 2. The normalized spacial score (nSPS) is 13.3. The zero-order chi connectivity index (χ0) is 10.0. The van der Waals surface area contributed by atoms with Gasteiger partial charge in [0.2, 0.25) is 0 Å². The molecule has 0 saturated carbocycles. The molecule has 1 aromatic rings. The molecule has 0 bridgehead atoms. The number of aryl methyl sites for hydroxylation is 1. The van der Waals surface area contributed by atoms with Crippen LogP contribution in [0, 0.1) is 12.8 Å². The fourth-order valence-corrected chi connectivity index (χ4v) is 1.22. The first-order valence-electron chi connectivity index (χ1n) is 4.47. The molecule has 0 unspecified atom stereocenters. The van der Waals surface area contributed by atoms with E-state index in [-0.39, 0.29) is 17.5 Å². The van der Waals surface area contributed by atoms with Crippen molar-refractivity contribution in [1.29, 1.82) is 0 Å². The lowest BCUT2D eigenvalue weighted by Gasteiger charge is -2.14. The van der Waals surface area contributed by atoms with E-state index in [9.17, 15) is 4.79 Å². The van der Waals surface area contributed by atoms with Gasteiger partial charge in [0.05, 0.1) is 0 Å². The standard InChI is InChI=1S/C10H16N2O/c1-6(2)9(11)8-4-7(3)5-12-10(8)13/h4-6,9H,11H2,1-3H3,(H,12,13)/t9-/m1/s1. The van der Waals surface area contributed by atoms with Crippen molar-refractivity contribution >= 4 is 0 Å². The average Bonchev–Trinajstić information content (AvgIpc) is 2.08. The quantitative estimate of drug-likeness (QED) is 0.721. The van der Waals surface area contributed by atoms with Gasteiger partial charge in [-0.15, -0.1) is 0 Å². The van der Waals surface area contributed by atoms with E-state index in [4.69, 9.17) is 5.73 Å². The van der Waals surface area contributed by atoms with Crippen molar-refractivity contribution in [1.82, 2.24) is 4.98 Å². The predicted molar refractivity (Wildman–Crippen MR) is 53.6 cm³/mol. The van der Waals surface area contributed by atoms with Crippen LogP contribution in [0.3, 0.4) is 0 Å². The molecule has 0 aliphatic heterocycles. The smallest absolute Gasteiger partial charge is 0.252 e. The molecule has 0 spiro atoms. The van der Waals surface area contributed by atoms with Crippen molar-refractivity contribution in [2.45, 2.75) is 26.8 Å². The van der Waals surface area contributed by atoms with Crippen LogP contribution in [0.1, 0.15) is 31.0 Å². The van der Waals surface area contributed by atoms with Crippen LogP contribution < -0.4 is 11.3 Å². The molecule has 1 atom stereocenters. The summed E-state index contributed by atoms with van der Waals surface area (Å²) in [5, 5.41) is 0. The van der Waals surface area contributed by atoms with Crippen LogP contribution in [0.4, 0.5) is 0 Å². The Labute approximate surface area is 78.0 Å². The van der Waals surface area contributed by atoms with Crippen molar-refractivity contribution < 1.29 is 0 Å². The Morgan fingerprint density at radius 1 is 1.46 bits per heavy atom. The van der Waals surface area contributed by atoms with E-state index in [1.54, 1.807) is 6.20 Å². The third-order valence-electron chi connectivity index (χ3n) is 2.15. The zero-order valence-corrected chi connectivity index (χ0v) is 8.29. The van der Waals surface area contributed by atoms with Gasteiger partial charge >= 0.3 is 0 Å². The summed E-state index contributed by atoms with van der Waals surface area (Å²) in [4.78, 5) is 14.1. The summed E-state index contributed by atoms with van der Waals surface area (Å²) < 4.78 is 0. The summed E-state index contributed by atoms with van der Waals surface area (Å²) in [7, 11) is 0. The molecule has 1 aromatic heterocycles. The molecular weight excluding hydrogens is 164 g/mol. The van der Waals surface area contributed by atoms with Crippen molar-refractivity contribution in [3.8, 4) is 0 Å². The minimum absolute atomic E-state index is 0.0770. The van der Waals surface area contributed by atoms with Gasteiger partial charge in [-0.05, 0) is 24.5 Å². The van der Waals surface area contributed by atoms with Crippen LogP contribution in [-0.4, -0.2) is 4.98 Å². The molecule has 0 saturated heterocycles. The van der Waals surface area contributed by atoms with Gasteiger partial charge in [0.1, 0.15) is 0 Å². The highest BCUT2D eigenvalue weighted by Gasteiger charge is 2.13. The predicted octanol–water partition coefficient (Wildman–Crippen LogP) is 1.34. The monoisotopic (exact) mass is 180 g/mol. The number of nitrogens with one attached hydrogen (secondary N) is 1. The van der Waals surface area contributed by atoms with E-state index in [0.29, 0.717) is 5.56 Å². The topological polar surface area (TPSA) is 58.9 Å².